The molecule has 124 valence electrons. The summed E-state index contributed by atoms with van der Waals surface area (Å²) in [6.45, 7) is 7.01. The molecule has 5 nitrogen and oxygen atoms in total. The lowest BCUT2D eigenvalue weighted by Crippen LogP contribution is -2.79. The van der Waals surface area contributed by atoms with Gasteiger partial charge in [-0.15, -0.1) is 0 Å². The van der Waals surface area contributed by atoms with E-state index in [-0.39, 0.29) is 12.5 Å². The van der Waals surface area contributed by atoms with Gasteiger partial charge < -0.3 is 20.1 Å². The van der Waals surface area contributed by atoms with Gasteiger partial charge in [0.05, 0.1) is 12.7 Å². The van der Waals surface area contributed by atoms with Gasteiger partial charge in [0, 0.05) is 23.7 Å². The predicted molar refractivity (Wildman–Crippen MR) is 79.8 cm³/mol. The molecule has 0 aromatic rings. The van der Waals surface area contributed by atoms with Gasteiger partial charge in [0.2, 0.25) is 0 Å². The molecule has 5 heteroatoms. The number of allylic oxidation sites excluding steroid dienone is 1. The van der Waals surface area contributed by atoms with Gasteiger partial charge in [0.25, 0.3) is 0 Å². The summed E-state index contributed by atoms with van der Waals surface area (Å²) in [7, 11) is 0. The Morgan fingerprint density at radius 3 is 2.45 bits per heavy atom. The first-order chi connectivity index (χ1) is 10.0. The first kappa shape index (κ1) is 16.0. The normalized spacial score (nSPS) is 51.7. The van der Waals surface area contributed by atoms with Gasteiger partial charge in [0.15, 0.2) is 0 Å². The fourth-order valence-corrected chi connectivity index (χ4v) is 5.49. The van der Waals surface area contributed by atoms with Crippen molar-refractivity contribution in [2.24, 2.45) is 22.2 Å². The molecule has 3 N–H and O–H groups in total. The van der Waals surface area contributed by atoms with E-state index in [1.165, 1.54) is 6.92 Å². The molecule has 0 aromatic carbocycles. The predicted octanol–water partition coefficient (Wildman–Crippen LogP) is 1.01. The molecule has 0 saturated heterocycles. The van der Waals surface area contributed by atoms with Crippen LogP contribution >= 0.6 is 0 Å². The van der Waals surface area contributed by atoms with Crippen LogP contribution in [0.15, 0.2) is 12.2 Å². The Bertz CT molecular complexity index is 541. The molecule has 2 saturated carbocycles. The highest BCUT2D eigenvalue weighted by molar-refractivity contribution is 5.66. The number of ether oxygens (including phenoxy) is 1. The maximum atomic E-state index is 11.5. The molecule has 3 aliphatic rings. The number of hydrogen-bond donors (Lipinski definition) is 3. The van der Waals surface area contributed by atoms with Crippen LogP contribution in [0, 0.1) is 22.2 Å². The number of carbonyl (C=O) groups is 1. The van der Waals surface area contributed by atoms with E-state index in [0.29, 0.717) is 12.8 Å². The van der Waals surface area contributed by atoms with Crippen molar-refractivity contribution in [2.75, 3.05) is 6.61 Å². The van der Waals surface area contributed by atoms with Crippen molar-refractivity contribution in [3.63, 3.8) is 0 Å². The van der Waals surface area contributed by atoms with Gasteiger partial charge in [-0.2, -0.15) is 0 Å². The van der Waals surface area contributed by atoms with Gasteiger partial charge in [-0.05, 0) is 18.3 Å². The van der Waals surface area contributed by atoms with Crippen LogP contribution in [-0.4, -0.2) is 45.7 Å². The summed E-state index contributed by atoms with van der Waals surface area (Å²) in [5.41, 5.74) is -2.97. The molecule has 0 aliphatic heterocycles. The number of aliphatic hydroxyl groups excluding tert-OH is 2. The van der Waals surface area contributed by atoms with Crippen molar-refractivity contribution < 1.29 is 24.9 Å². The monoisotopic (exact) mass is 310 g/mol. The Labute approximate surface area is 131 Å². The Balaban J connectivity index is 2.11. The number of aliphatic hydroxyl groups is 3. The molecule has 0 spiro atoms. The molecular formula is C17H26O5. The summed E-state index contributed by atoms with van der Waals surface area (Å²) in [6, 6.07) is 0. The Hall–Kier alpha value is -0.910. The maximum absolute atomic E-state index is 11.5. The van der Waals surface area contributed by atoms with E-state index >= 15 is 0 Å². The van der Waals surface area contributed by atoms with E-state index in [0.717, 1.165) is 0 Å². The smallest absolute Gasteiger partial charge is 0.303 e. The van der Waals surface area contributed by atoms with Crippen molar-refractivity contribution in [3.8, 4) is 0 Å². The highest BCUT2D eigenvalue weighted by Crippen LogP contribution is 2.73. The van der Waals surface area contributed by atoms with E-state index in [4.69, 9.17) is 4.74 Å². The fourth-order valence-electron chi connectivity index (χ4n) is 5.49. The van der Waals surface area contributed by atoms with Crippen LogP contribution in [0.1, 0.15) is 40.5 Å². The van der Waals surface area contributed by atoms with Gasteiger partial charge in [-0.25, -0.2) is 0 Å². The molecule has 0 unspecified atom stereocenters. The van der Waals surface area contributed by atoms with E-state index in [1.807, 2.05) is 26.8 Å². The van der Waals surface area contributed by atoms with E-state index in [2.05, 4.69) is 0 Å². The van der Waals surface area contributed by atoms with Crippen LogP contribution in [0.25, 0.3) is 0 Å². The lowest BCUT2D eigenvalue weighted by molar-refractivity contribution is -0.340. The Morgan fingerprint density at radius 2 is 1.95 bits per heavy atom. The number of rotatable bonds is 2. The van der Waals surface area contributed by atoms with Crippen LogP contribution in [-0.2, 0) is 9.53 Å². The molecular weight excluding hydrogens is 284 g/mol. The van der Waals surface area contributed by atoms with Crippen LogP contribution in [0.3, 0.4) is 0 Å². The molecule has 0 aromatic heterocycles. The summed E-state index contributed by atoms with van der Waals surface area (Å²) < 4.78 is 5.48. The Morgan fingerprint density at radius 1 is 1.32 bits per heavy atom. The van der Waals surface area contributed by atoms with Gasteiger partial charge in [-0.3, -0.25) is 4.79 Å². The highest BCUT2D eigenvalue weighted by atomic mass is 16.6. The number of fused-ring (bicyclic) bond motifs is 3. The zero-order chi connectivity index (χ0) is 16.6. The second-order valence-corrected chi connectivity index (χ2v) is 8.19. The van der Waals surface area contributed by atoms with E-state index in [1.54, 1.807) is 6.08 Å². The van der Waals surface area contributed by atoms with Crippen LogP contribution in [0.2, 0.25) is 0 Å². The molecule has 6 atom stereocenters. The number of carbonyl (C=O) groups excluding carboxylic acids is 1. The van der Waals surface area contributed by atoms with Crippen molar-refractivity contribution in [1.29, 1.82) is 0 Å². The third-order valence-electron chi connectivity index (χ3n) is 6.86. The van der Waals surface area contributed by atoms with E-state index < -0.39 is 40.0 Å². The van der Waals surface area contributed by atoms with Crippen LogP contribution < -0.4 is 0 Å². The van der Waals surface area contributed by atoms with Crippen LogP contribution in [0.5, 0.6) is 0 Å². The summed E-state index contributed by atoms with van der Waals surface area (Å²) >= 11 is 0. The minimum Gasteiger partial charge on any atom is -0.459 e. The average molecular weight is 310 g/mol. The third-order valence-corrected chi connectivity index (χ3v) is 6.86. The standard InChI is InChI=1S/C17H26O5/c1-10(19)22-13-8-15(4)6-5-12(20)16(15,9-18)11-7-14(2,3)17(11,13)21/h5-6,11-13,18,20-21H,7-9H2,1-4H3/t11-,12-,13+,15+,16+,17-/m1/s1. The topological polar surface area (TPSA) is 87.0 Å². The SMILES string of the molecule is CC(=O)O[C@H]1C[C@]2(C)C=C[C@@H](O)[C@]2(CO)[C@H]2CC(C)(C)[C@]12O. The molecule has 0 radical (unpaired) electrons. The van der Waals surface area contributed by atoms with Gasteiger partial charge in [0.1, 0.15) is 11.7 Å². The zero-order valence-corrected chi connectivity index (χ0v) is 13.7. The molecule has 22 heavy (non-hydrogen) atoms. The number of hydrogen-bond acceptors (Lipinski definition) is 5. The quantitative estimate of drug-likeness (QED) is 0.523. The second-order valence-electron chi connectivity index (χ2n) is 8.19. The summed E-state index contributed by atoms with van der Waals surface area (Å²) in [5, 5.41) is 32.1. The van der Waals surface area contributed by atoms with Crippen molar-refractivity contribution >= 4 is 5.97 Å². The number of esters is 1. The summed E-state index contributed by atoms with van der Waals surface area (Å²) in [5.74, 6) is -0.726. The van der Waals surface area contributed by atoms with Crippen molar-refractivity contribution in [2.45, 2.75) is 58.3 Å². The van der Waals surface area contributed by atoms with Crippen molar-refractivity contribution in [3.05, 3.63) is 12.2 Å². The molecule has 2 fully saturated rings. The molecule has 0 bridgehead atoms. The summed E-state index contributed by atoms with van der Waals surface area (Å²) in [4.78, 5) is 11.5. The zero-order valence-electron chi connectivity index (χ0n) is 13.7. The average Bonchev–Trinajstić information content (AvgIpc) is 2.66. The molecule has 3 rings (SSSR count). The second kappa shape index (κ2) is 4.34. The van der Waals surface area contributed by atoms with Gasteiger partial charge >= 0.3 is 5.97 Å². The van der Waals surface area contributed by atoms with Gasteiger partial charge in [-0.1, -0.05) is 32.9 Å². The lowest BCUT2D eigenvalue weighted by atomic mass is 9.35. The first-order valence-electron chi connectivity index (χ1n) is 7.93. The lowest BCUT2D eigenvalue weighted by Gasteiger charge is -2.72. The Kier molecular flexibility index (Phi) is 3.15. The van der Waals surface area contributed by atoms with Crippen molar-refractivity contribution in [1.82, 2.24) is 0 Å². The fraction of sp³-hybridized carbons (Fsp3) is 0.824. The molecule has 0 heterocycles. The van der Waals surface area contributed by atoms with Crippen LogP contribution in [0.4, 0.5) is 0 Å². The third kappa shape index (κ3) is 1.52. The minimum atomic E-state index is -1.23. The van der Waals surface area contributed by atoms with E-state index in [9.17, 15) is 20.1 Å². The minimum absolute atomic E-state index is 0.201. The first-order valence-corrected chi connectivity index (χ1v) is 7.93. The summed E-state index contributed by atoms with van der Waals surface area (Å²) in [6.07, 6.45) is 3.27. The largest absolute Gasteiger partial charge is 0.459 e. The molecule has 0 amide bonds. The molecule has 3 aliphatic carbocycles. The highest BCUT2D eigenvalue weighted by Gasteiger charge is 2.78. The maximum Gasteiger partial charge on any atom is 0.303 e.